The first-order valence-electron chi connectivity index (χ1n) is 13.0. The van der Waals surface area contributed by atoms with Crippen LogP contribution in [0.2, 0.25) is 0 Å². The van der Waals surface area contributed by atoms with Gasteiger partial charge in [-0.3, -0.25) is 19.2 Å². The number of hydrogen-bond donors (Lipinski definition) is 3. The molecule has 3 N–H and O–H groups in total. The fourth-order valence-electron chi connectivity index (χ4n) is 6.70. The van der Waals surface area contributed by atoms with Crippen molar-refractivity contribution in [1.29, 1.82) is 5.26 Å². The van der Waals surface area contributed by atoms with Gasteiger partial charge < -0.3 is 20.9 Å². The first kappa shape index (κ1) is 25.8. The van der Waals surface area contributed by atoms with E-state index in [4.69, 9.17) is 0 Å². The van der Waals surface area contributed by atoms with Gasteiger partial charge in [-0.1, -0.05) is 20.3 Å². The predicted molar refractivity (Wildman–Crippen MR) is 122 cm³/mol. The molecule has 0 radical (unpaired) electrons. The highest BCUT2D eigenvalue weighted by Gasteiger charge is 2.70. The fourth-order valence-corrected chi connectivity index (χ4v) is 6.70. The maximum absolute atomic E-state index is 13.5. The number of halogens is 3. The van der Waals surface area contributed by atoms with Gasteiger partial charge in [0.2, 0.25) is 17.7 Å². The van der Waals surface area contributed by atoms with E-state index in [-0.39, 0.29) is 47.6 Å². The average Bonchev–Trinajstić information content (AvgIpc) is 3.49. The number of likely N-dealkylation sites (tertiary alicyclic amines) is 1. The number of alkyl halides is 3. The molecule has 2 saturated heterocycles. The van der Waals surface area contributed by atoms with Gasteiger partial charge in [0.1, 0.15) is 18.1 Å². The second-order valence-corrected chi connectivity index (χ2v) is 12.1. The van der Waals surface area contributed by atoms with E-state index < -0.39 is 47.9 Å². The van der Waals surface area contributed by atoms with Crippen LogP contribution in [-0.2, 0) is 19.2 Å². The number of nitrogens with zero attached hydrogens (tertiary/aromatic N) is 2. The summed E-state index contributed by atoms with van der Waals surface area (Å²) in [5.74, 6) is -4.57. The van der Waals surface area contributed by atoms with Crippen molar-refractivity contribution >= 4 is 23.6 Å². The van der Waals surface area contributed by atoms with E-state index in [1.54, 1.807) is 0 Å². The average molecular weight is 524 g/mol. The summed E-state index contributed by atoms with van der Waals surface area (Å²) in [5, 5.41) is 17.3. The summed E-state index contributed by atoms with van der Waals surface area (Å²) in [7, 11) is 0. The Labute approximate surface area is 212 Å². The minimum Gasteiger partial charge on any atom is -0.350 e. The molecule has 2 aliphatic heterocycles. The Balaban J connectivity index is 1.30. The molecule has 5 rings (SSSR count). The molecule has 5 fully saturated rings. The second kappa shape index (κ2) is 8.60. The topological polar surface area (TPSA) is 131 Å². The summed E-state index contributed by atoms with van der Waals surface area (Å²) in [6.07, 6.45) is -0.767. The molecule has 6 atom stereocenters. The van der Waals surface area contributed by atoms with Crippen LogP contribution in [0, 0.1) is 40.4 Å². The molecule has 0 bridgehead atoms. The highest BCUT2D eigenvalue weighted by molar-refractivity contribution is 5.94. The summed E-state index contributed by atoms with van der Waals surface area (Å²) in [4.78, 5) is 52.4. The van der Waals surface area contributed by atoms with E-state index in [0.29, 0.717) is 19.3 Å². The van der Waals surface area contributed by atoms with Crippen LogP contribution in [0.1, 0.15) is 58.8 Å². The highest BCUT2D eigenvalue weighted by atomic mass is 19.4. The van der Waals surface area contributed by atoms with Crippen LogP contribution in [0.4, 0.5) is 13.2 Å². The summed E-state index contributed by atoms with van der Waals surface area (Å²) in [6.45, 7) is 4.14. The van der Waals surface area contributed by atoms with Crippen LogP contribution in [0.15, 0.2) is 0 Å². The van der Waals surface area contributed by atoms with Gasteiger partial charge in [-0.2, -0.15) is 18.4 Å². The Morgan fingerprint density at radius 2 is 1.89 bits per heavy atom. The molecular weight excluding hydrogens is 491 g/mol. The third-order valence-corrected chi connectivity index (χ3v) is 9.43. The molecule has 9 nitrogen and oxygen atoms in total. The fraction of sp³-hybridized carbons (Fsp3) is 0.800. The van der Waals surface area contributed by atoms with Gasteiger partial charge in [-0.15, -0.1) is 0 Å². The van der Waals surface area contributed by atoms with Crippen molar-refractivity contribution in [3.05, 3.63) is 0 Å². The van der Waals surface area contributed by atoms with Crippen molar-refractivity contribution in [2.45, 2.75) is 88.6 Å². The maximum atomic E-state index is 13.5. The van der Waals surface area contributed by atoms with Gasteiger partial charge in [0.25, 0.3) is 0 Å². The van der Waals surface area contributed by atoms with Gasteiger partial charge in [0, 0.05) is 18.0 Å². The Hall–Kier alpha value is -2.84. The molecule has 0 aromatic carbocycles. The number of nitriles is 1. The van der Waals surface area contributed by atoms with Crippen molar-refractivity contribution in [3.63, 3.8) is 0 Å². The molecule has 3 saturated carbocycles. The smallest absolute Gasteiger partial charge is 0.350 e. The zero-order valence-electron chi connectivity index (χ0n) is 20.9. The molecule has 3 aliphatic carbocycles. The van der Waals surface area contributed by atoms with Crippen molar-refractivity contribution < 1.29 is 32.3 Å². The second-order valence-electron chi connectivity index (χ2n) is 12.1. The third kappa shape index (κ3) is 4.55. The zero-order chi connectivity index (χ0) is 26.9. The van der Waals surface area contributed by atoms with E-state index >= 15 is 0 Å². The predicted octanol–water partition coefficient (Wildman–Crippen LogP) is 1.38. The molecular formula is C25H32F3N5O4. The first-order valence-corrected chi connectivity index (χ1v) is 13.0. The highest BCUT2D eigenvalue weighted by Crippen LogP contribution is 2.65. The van der Waals surface area contributed by atoms with Gasteiger partial charge >= 0.3 is 12.1 Å². The normalized spacial score (nSPS) is 32.4. The van der Waals surface area contributed by atoms with Crippen LogP contribution < -0.4 is 16.0 Å². The number of nitrogens with one attached hydrogen (secondary N) is 3. The lowest BCUT2D eigenvalue weighted by Gasteiger charge is -2.38. The van der Waals surface area contributed by atoms with Gasteiger partial charge in [0.05, 0.1) is 6.07 Å². The quantitative estimate of drug-likeness (QED) is 0.464. The summed E-state index contributed by atoms with van der Waals surface area (Å²) in [5.41, 5.74) is -0.408. The molecule has 37 heavy (non-hydrogen) atoms. The zero-order valence-corrected chi connectivity index (χ0v) is 20.9. The number of rotatable bonds is 7. The van der Waals surface area contributed by atoms with E-state index in [0.717, 1.165) is 19.3 Å². The molecule has 12 heteroatoms. The minimum absolute atomic E-state index is 0.0107. The van der Waals surface area contributed by atoms with Crippen LogP contribution in [0.5, 0.6) is 0 Å². The van der Waals surface area contributed by atoms with Crippen molar-refractivity contribution in [2.24, 2.45) is 29.1 Å². The Kier molecular flexibility index (Phi) is 5.99. The lowest BCUT2D eigenvalue weighted by atomic mass is 9.79. The van der Waals surface area contributed by atoms with Gasteiger partial charge in [-0.25, -0.2) is 0 Å². The number of hydrogen-bond acceptors (Lipinski definition) is 5. The molecule has 0 aromatic heterocycles. The first-order chi connectivity index (χ1) is 17.3. The van der Waals surface area contributed by atoms with Crippen LogP contribution in [-0.4, -0.2) is 64.9 Å². The van der Waals surface area contributed by atoms with E-state index in [1.165, 1.54) is 4.90 Å². The van der Waals surface area contributed by atoms with Gasteiger partial charge in [-0.05, 0) is 61.7 Å². The summed E-state index contributed by atoms with van der Waals surface area (Å²) < 4.78 is 38.9. The molecule has 0 aromatic rings. The van der Waals surface area contributed by atoms with Crippen molar-refractivity contribution in [1.82, 2.24) is 20.9 Å². The molecule has 1 spiro atoms. The van der Waals surface area contributed by atoms with Crippen LogP contribution >= 0.6 is 0 Å². The minimum atomic E-state index is -5.13. The third-order valence-electron chi connectivity index (χ3n) is 9.43. The van der Waals surface area contributed by atoms with Crippen molar-refractivity contribution in [2.75, 3.05) is 6.54 Å². The Bertz CT molecular complexity index is 1060. The Morgan fingerprint density at radius 3 is 2.41 bits per heavy atom. The SMILES string of the molecule is CC1(C)C2CN(C(=O)C(NC(=O)C(F)(F)F)C3CCC3)C(C(=O)N[C@H](C#N)C[C@@H]3CC4(CC4)NC3=O)C21. The molecule has 2 heterocycles. The summed E-state index contributed by atoms with van der Waals surface area (Å²) >= 11 is 0. The lowest BCUT2D eigenvalue weighted by Crippen LogP contribution is -2.60. The Morgan fingerprint density at radius 1 is 1.22 bits per heavy atom. The molecule has 4 unspecified atom stereocenters. The summed E-state index contributed by atoms with van der Waals surface area (Å²) in [6, 6.07) is -1.21. The van der Waals surface area contributed by atoms with Crippen LogP contribution in [0.25, 0.3) is 0 Å². The van der Waals surface area contributed by atoms with E-state index in [1.807, 2.05) is 25.2 Å². The molecule has 4 amide bonds. The number of carbonyl (C=O) groups is 4. The monoisotopic (exact) mass is 523 g/mol. The lowest BCUT2D eigenvalue weighted by molar-refractivity contribution is -0.176. The van der Waals surface area contributed by atoms with Gasteiger partial charge in [0.15, 0.2) is 0 Å². The number of carbonyl (C=O) groups excluding carboxylic acids is 4. The van der Waals surface area contributed by atoms with Crippen molar-refractivity contribution in [3.8, 4) is 6.07 Å². The number of fused-ring (bicyclic) bond motifs is 1. The largest absolute Gasteiger partial charge is 0.471 e. The van der Waals surface area contributed by atoms with E-state index in [9.17, 15) is 37.6 Å². The number of piperidine rings is 1. The number of amides is 4. The standard InChI is InChI=1S/C25H32F3N5O4/c1-23(2)15-11-33(21(36)17(12-4-3-5-12)31-22(37)25(26,27)28)18(16(15)23)20(35)30-14(10-29)8-13-9-24(6-7-24)32-19(13)34/h12-18H,3-9,11H2,1-2H3,(H,30,35)(H,31,37)(H,32,34)/t13-,14+,15?,16?,17?,18?/m1/s1. The molecule has 202 valence electrons. The van der Waals surface area contributed by atoms with Crippen LogP contribution in [0.3, 0.4) is 0 Å². The maximum Gasteiger partial charge on any atom is 0.471 e. The molecule has 5 aliphatic rings. The van der Waals surface area contributed by atoms with E-state index in [2.05, 4.69) is 10.6 Å².